The van der Waals surface area contributed by atoms with Gasteiger partial charge < -0.3 is 5.32 Å². The molecule has 1 aromatic heterocycles. The maximum absolute atomic E-state index is 13.7. The Morgan fingerprint density at radius 1 is 0.971 bits per heavy atom. The molecular weight excluding hydrogens is 440 g/mol. The standard InChI is InChI=1S/C30H23ClN2O/c31-30-25(9-6-16-33-30)29(34)20-17-26-23-12-11-19-7-3-4-8-21(19)22(23)13-14-24(26)27(18-20)28-10-2-1-5-15-32-28/h1-10,12-17,20,27,32H,11,18H2. The maximum atomic E-state index is 13.7. The molecule has 3 nitrogen and oxygen atoms in total. The number of ketones is 1. The number of carbonyl (C=O) groups is 1. The number of pyridine rings is 1. The van der Waals surface area contributed by atoms with Crippen LogP contribution < -0.4 is 15.8 Å². The van der Waals surface area contributed by atoms with E-state index in [1.165, 1.54) is 27.5 Å². The van der Waals surface area contributed by atoms with Gasteiger partial charge in [0, 0.05) is 29.9 Å². The molecular formula is C30H23ClN2O. The van der Waals surface area contributed by atoms with E-state index in [0.717, 1.165) is 17.3 Å². The van der Waals surface area contributed by atoms with Crippen LogP contribution in [0.5, 0.6) is 0 Å². The minimum Gasteiger partial charge on any atom is -0.364 e. The van der Waals surface area contributed by atoms with Crippen LogP contribution >= 0.6 is 11.6 Å². The van der Waals surface area contributed by atoms with Crippen molar-refractivity contribution in [1.29, 1.82) is 0 Å². The Morgan fingerprint density at radius 2 is 1.88 bits per heavy atom. The van der Waals surface area contributed by atoms with Gasteiger partial charge in [-0.15, -0.1) is 0 Å². The fourth-order valence-corrected chi connectivity index (χ4v) is 5.57. The molecule has 1 N–H and O–H groups in total. The van der Waals surface area contributed by atoms with Crippen LogP contribution in [0.15, 0.2) is 90.9 Å². The van der Waals surface area contributed by atoms with Crippen LogP contribution in [0.4, 0.5) is 0 Å². The summed E-state index contributed by atoms with van der Waals surface area (Å²) in [6.07, 6.45) is 17.7. The van der Waals surface area contributed by atoms with Gasteiger partial charge in [-0.05, 0) is 69.8 Å². The number of hydrogen-bond donors (Lipinski definition) is 1. The average molecular weight is 463 g/mol. The summed E-state index contributed by atoms with van der Waals surface area (Å²) in [6.45, 7) is 0. The summed E-state index contributed by atoms with van der Waals surface area (Å²) in [5, 5.41) is 6.08. The molecule has 0 spiro atoms. The van der Waals surface area contributed by atoms with E-state index in [9.17, 15) is 4.79 Å². The molecule has 2 aromatic carbocycles. The first-order chi connectivity index (χ1) is 16.7. The number of fused-ring (bicyclic) bond motifs is 5. The molecule has 4 heteroatoms. The molecule has 0 bridgehead atoms. The molecule has 6 rings (SSSR count). The Kier molecular flexibility index (Phi) is 5.27. The second-order valence-corrected chi connectivity index (χ2v) is 9.23. The lowest BCUT2D eigenvalue weighted by Crippen LogP contribution is -2.40. The maximum Gasteiger partial charge on any atom is 0.172 e. The molecule has 3 aromatic rings. The number of allylic oxidation sites excluding steroid dienone is 5. The molecule has 2 heterocycles. The third kappa shape index (κ3) is 3.53. The largest absolute Gasteiger partial charge is 0.364 e. The highest BCUT2D eigenvalue weighted by molar-refractivity contribution is 6.33. The molecule has 34 heavy (non-hydrogen) atoms. The highest BCUT2D eigenvalue weighted by Gasteiger charge is 2.31. The molecule has 0 saturated heterocycles. The molecule has 0 saturated carbocycles. The summed E-state index contributed by atoms with van der Waals surface area (Å²) in [7, 11) is 0. The van der Waals surface area contributed by atoms with Crippen LogP contribution in [0.1, 0.15) is 33.8 Å². The van der Waals surface area contributed by atoms with E-state index < -0.39 is 0 Å². The van der Waals surface area contributed by atoms with Gasteiger partial charge in [-0.2, -0.15) is 0 Å². The summed E-state index contributed by atoms with van der Waals surface area (Å²) in [4.78, 5) is 17.8. The van der Waals surface area contributed by atoms with E-state index in [1.807, 2.05) is 24.4 Å². The number of nitrogens with zero attached hydrogens (tertiary/aromatic N) is 1. The quantitative estimate of drug-likeness (QED) is 0.437. The van der Waals surface area contributed by atoms with Crippen molar-refractivity contribution in [3.8, 4) is 11.1 Å². The fourth-order valence-electron chi connectivity index (χ4n) is 5.36. The SMILES string of the molecule is O=C(c1cccnc1Cl)C1C=c2c(ccc3c2=CCc2ccccc2-3)C(C2=CC=CC=CN2)C1. The number of benzene rings is 2. The Hall–Kier alpha value is -3.69. The molecule has 166 valence electrons. The van der Waals surface area contributed by atoms with Crippen molar-refractivity contribution >= 4 is 29.5 Å². The summed E-state index contributed by atoms with van der Waals surface area (Å²) in [5.41, 5.74) is 6.65. The zero-order valence-electron chi connectivity index (χ0n) is 18.5. The van der Waals surface area contributed by atoms with Gasteiger partial charge in [0.25, 0.3) is 0 Å². The highest BCUT2D eigenvalue weighted by atomic mass is 35.5. The second kappa shape index (κ2) is 8.58. The molecule has 0 amide bonds. The van der Waals surface area contributed by atoms with Gasteiger partial charge in [0.1, 0.15) is 5.15 Å². The lowest BCUT2D eigenvalue weighted by molar-refractivity contribution is 0.0943. The van der Waals surface area contributed by atoms with Gasteiger partial charge in [-0.1, -0.05) is 72.3 Å². The number of rotatable bonds is 3. The van der Waals surface area contributed by atoms with Crippen molar-refractivity contribution in [3.05, 3.63) is 123 Å². The molecule has 2 aliphatic carbocycles. The average Bonchev–Trinajstić information content (AvgIpc) is 3.17. The van der Waals surface area contributed by atoms with Crippen molar-refractivity contribution in [1.82, 2.24) is 10.3 Å². The molecule has 1 aliphatic heterocycles. The zero-order valence-corrected chi connectivity index (χ0v) is 19.3. The first-order valence-electron chi connectivity index (χ1n) is 11.6. The van der Waals surface area contributed by atoms with Crippen LogP contribution in [-0.2, 0) is 6.42 Å². The summed E-state index contributed by atoms with van der Waals surface area (Å²) < 4.78 is 0. The van der Waals surface area contributed by atoms with Crippen LogP contribution in [0.2, 0.25) is 5.15 Å². The third-order valence-corrected chi connectivity index (χ3v) is 7.27. The van der Waals surface area contributed by atoms with Gasteiger partial charge in [0.15, 0.2) is 5.78 Å². The highest BCUT2D eigenvalue weighted by Crippen LogP contribution is 2.35. The smallest absolute Gasteiger partial charge is 0.172 e. The van der Waals surface area contributed by atoms with E-state index in [2.05, 4.69) is 64.9 Å². The van der Waals surface area contributed by atoms with E-state index in [4.69, 9.17) is 11.6 Å². The first-order valence-corrected chi connectivity index (χ1v) is 12.0. The van der Waals surface area contributed by atoms with Gasteiger partial charge >= 0.3 is 0 Å². The minimum atomic E-state index is -0.296. The number of hydrogen-bond acceptors (Lipinski definition) is 3. The van der Waals surface area contributed by atoms with Gasteiger partial charge in [0.05, 0.1) is 5.56 Å². The zero-order chi connectivity index (χ0) is 23.1. The predicted octanol–water partition coefficient (Wildman–Crippen LogP) is 5.06. The van der Waals surface area contributed by atoms with Gasteiger partial charge in [0.2, 0.25) is 0 Å². The predicted molar refractivity (Wildman–Crippen MR) is 138 cm³/mol. The van der Waals surface area contributed by atoms with Crippen LogP contribution in [-0.4, -0.2) is 10.8 Å². The fraction of sp³-hybridized carbons (Fsp3) is 0.133. The number of nitrogens with one attached hydrogen (secondary N) is 1. The van der Waals surface area contributed by atoms with E-state index in [-0.39, 0.29) is 22.8 Å². The van der Waals surface area contributed by atoms with Crippen molar-refractivity contribution in [3.63, 3.8) is 0 Å². The lowest BCUT2D eigenvalue weighted by atomic mass is 9.75. The van der Waals surface area contributed by atoms with Crippen molar-refractivity contribution in [2.45, 2.75) is 18.8 Å². The Balaban J connectivity index is 1.56. The molecule has 0 fully saturated rings. The van der Waals surface area contributed by atoms with Crippen LogP contribution in [0.3, 0.4) is 0 Å². The topological polar surface area (TPSA) is 42.0 Å². The second-order valence-electron chi connectivity index (χ2n) is 8.87. The number of halogens is 1. The third-order valence-electron chi connectivity index (χ3n) is 6.97. The number of aromatic nitrogens is 1. The van der Waals surface area contributed by atoms with Crippen LogP contribution in [0.25, 0.3) is 23.3 Å². The van der Waals surface area contributed by atoms with Gasteiger partial charge in [-0.3, -0.25) is 4.79 Å². The lowest BCUT2D eigenvalue weighted by Gasteiger charge is -2.30. The Bertz CT molecular complexity index is 1530. The van der Waals surface area contributed by atoms with Crippen molar-refractivity contribution < 1.29 is 4.79 Å². The first kappa shape index (κ1) is 20.9. The minimum absolute atomic E-state index is 0.0165. The Morgan fingerprint density at radius 3 is 2.79 bits per heavy atom. The van der Waals surface area contributed by atoms with Crippen LogP contribution in [0, 0.1) is 5.92 Å². The number of Topliss-reactive ketones (excluding diaryl/α,β-unsaturated/α-hetero) is 1. The summed E-state index contributed by atoms with van der Waals surface area (Å²) >= 11 is 6.32. The number of carbonyl (C=O) groups excluding carboxylic acids is 1. The monoisotopic (exact) mass is 462 g/mol. The van der Waals surface area contributed by atoms with E-state index >= 15 is 0 Å². The van der Waals surface area contributed by atoms with Crippen molar-refractivity contribution in [2.24, 2.45) is 5.92 Å². The molecule has 2 atom stereocenters. The molecule has 3 aliphatic rings. The van der Waals surface area contributed by atoms with E-state index in [1.54, 1.807) is 18.3 Å². The van der Waals surface area contributed by atoms with Gasteiger partial charge in [-0.25, -0.2) is 4.98 Å². The summed E-state index contributed by atoms with van der Waals surface area (Å²) in [6, 6.07) is 16.6. The van der Waals surface area contributed by atoms with Crippen molar-refractivity contribution in [2.75, 3.05) is 0 Å². The van der Waals surface area contributed by atoms with E-state index in [0.29, 0.717) is 12.0 Å². The molecule has 0 radical (unpaired) electrons. The summed E-state index contributed by atoms with van der Waals surface area (Å²) in [5.74, 6) is -0.217. The normalized spacial score (nSPS) is 19.9. The Labute approximate surface area is 203 Å². The molecule has 2 unspecified atom stereocenters.